The van der Waals surface area contributed by atoms with Crippen molar-refractivity contribution in [2.24, 2.45) is 0 Å². The standard InChI is InChI=1S/C13H10N4O4/c1-19-9-4-2-8(3-5-9)12-16-17-13(20-12)15-11(18)10-6-7-14-21-10/h2-7H,1H3,(H,15,17,18). The van der Waals surface area contributed by atoms with Gasteiger partial charge >= 0.3 is 6.01 Å². The summed E-state index contributed by atoms with van der Waals surface area (Å²) >= 11 is 0. The van der Waals surface area contributed by atoms with Crippen LogP contribution in [0, 0.1) is 0 Å². The molecular weight excluding hydrogens is 276 g/mol. The van der Waals surface area contributed by atoms with Crippen LogP contribution in [-0.4, -0.2) is 28.4 Å². The minimum atomic E-state index is -0.516. The molecule has 0 spiro atoms. The smallest absolute Gasteiger partial charge is 0.322 e. The second-order valence-electron chi connectivity index (χ2n) is 3.97. The van der Waals surface area contributed by atoms with Crippen LogP contribution in [0.3, 0.4) is 0 Å². The summed E-state index contributed by atoms with van der Waals surface area (Å²) < 4.78 is 15.1. The largest absolute Gasteiger partial charge is 0.497 e. The monoisotopic (exact) mass is 286 g/mol. The molecule has 0 aliphatic rings. The molecule has 0 radical (unpaired) electrons. The molecule has 0 saturated heterocycles. The van der Waals surface area contributed by atoms with Crippen LogP contribution in [0.2, 0.25) is 0 Å². The number of methoxy groups -OCH3 is 1. The first-order valence-corrected chi connectivity index (χ1v) is 5.96. The van der Waals surface area contributed by atoms with Gasteiger partial charge in [0.05, 0.1) is 13.3 Å². The number of carbonyl (C=O) groups is 1. The third-order valence-electron chi connectivity index (χ3n) is 2.64. The van der Waals surface area contributed by atoms with Crippen molar-refractivity contribution in [1.82, 2.24) is 15.4 Å². The molecular formula is C13H10N4O4. The summed E-state index contributed by atoms with van der Waals surface area (Å²) in [7, 11) is 1.58. The van der Waals surface area contributed by atoms with E-state index in [1.807, 2.05) is 0 Å². The minimum Gasteiger partial charge on any atom is -0.497 e. The Hall–Kier alpha value is -3.16. The lowest BCUT2D eigenvalue weighted by molar-refractivity contribution is 0.0985. The SMILES string of the molecule is COc1ccc(-c2nnc(NC(=O)c3ccno3)o2)cc1. The van der Waals surface area contributed by atoms with Crippen LogP contribution in [-0.2, 0) is 0 Å². The summed E-state index contributed by atoms with van der Waals surface area (Å²) in [5.41, 5.74) is 0.712. The molecule has 0 atom stereocenters. The number of aromatic nitrogens is 3. The normalized spacial score (nSPS) is 10.3. The van der Waals surface area contributed by atoms with Crippen LogP contribution in [0.25, 0.3) is 11.5 Å². The van der Waals surface area contributed by atoms with Crippen LogP contribution in [0.5, 0.6) is 5.75 Å². The third-order valence-corrected chi connectivity index (χ3v) is 2.64. The highest BCUT2D eigenvalue weighted by molar-refractivity contribution is 6.00. The van der Waals surface area contributed by atoms with Gasteiger partial charge in [0, 0.05) is 11.6 Å². The van der Waals surface area contributed by atoms with Gasteiger partial charge in [-0.3, -0.25) is 10.1 Å². The van der Waals surface area contributed by atoms with Gasteiger partial charge in [-0.1, -0.05) is 10.3 Å². The zero-order valence-corrected chi connectivity index (χ0v) is 10.9. The molecule has 2 aromatic heterocycles. The van der Waals surface area contributed by atoms with Crippen LogP contribution in [0.1, 0.15) is 10.6 Å². The van der Waals surface area contributed by atoms with Crippen molar-refractivity contribution in [2.75, 3.05) is 12.4 Å². The number of hydrogen-bond acceptors (Lipinski definition) is 7. The summed E-state index contributed by atoms with van der Waals surface area (Å²) in [4.78, 5) is 11.7. The Bertz CT molecular complexity index is 734. The van der Waals surface area contributed by atoms with Crippen LogP contribution < -0.4 is 10.1 Å². The molecule has 3 rings (SSSR count). The van der Waals surface area contributed by atoms with E-state index < -0.39 is 5.91 Å². The topological polar surface area (TPSA) is 103 Å². The summed E-state index contributed by atoms with van der Waals surface area (Å²) in [6, 6.07) is 8.49. The molecule has 0 fully saturated rings. The molecule has 106 valence electrons. The molecule has 1 amide bonds. The molecule has 0 unspecified atom stereocenters. The number of ether oxygens (including phenoxy) is 1. The van der Waals surface area contributed by atoms with Gasteiger partial charge in [0.25, 0.3) is 5.91 Å². The number of carbonyl (C=O) groups excluding carboxylic acids is 1. The first-order valence-electron chi connectivity index (χ1n) is 5.96. The fraction of sp³-hybridized carbons (Fsp3) is 0.0769. The first kappa shape index (κ1) is 12.9. The fourth-order valence-corrected chi connectivity index (χ4v) is 1.62. The van der Waals surface area contributed by atoms with Crippen LogP contribution >= 0.6 is 0 Å². The highest BCUT2D eigenvalue weighted by atomic mass is 16.5. The highest BCUT2D eigenvalue weighted by Gasteiger charge is 2.15. The van der Waals surface area contributed by atoms with Crippen LogP contribution in [0.4, 0.5) is 6.01 Å². The lowest BCUT2D eigenvalue weighted by Crippen LogP contribution is -2.11. The minimum absolute atomic E-state index is 0.0257. The second kappa shape index (κ2) is 5.45. The maximum Gasteiger partial charge on any atom is 0.322 e. The van der Waals surface area contributed by atoms with Gasteiger partial charge in [0.15, 0.2) is 0 Å². The van der Waals surface area contributed by atoms with Crippen molar-refractivity contribution in [3.8, 4) is 17.2 Å². The molecule has 1 N–H and O–H groups in total. The molecule has 0 aliphatic carbocycles. The van der Waals surface area contributed by atoms with E-state index in [0.29, 0.717) is 5.56 Å². The molecule has 0 bridgehead atoms. The Balaban J connectivity index is 1.75. The van der Waals surface area contributed by atoms with Crippen molar-refractivity contribution >= 4 is 11.9 Å². The summed E-state index contributed by atoms with van der Waals surface area (Å²) in [5, 5.41) is 13.5. The number of anilines is 1. The predicted octanol–water partition coefficient (Wildman–Crippen LogP) is 1.99. The van der Waals surface area contributed by atoms with Gasteiger partial charge < -0.3 is 13.7 Å². The van der Waals surface area contributed by atoms with E-state index in [1.165, 1.54) is 12.3 Å². The van der Waals surface area contributed by atoms with Gasteiger partial charge in [-0.15, -0.1) is 5.10 Å². The number of hydrogen-bond donors (Lipinski definition) is 1. The third kappa shape index (κ3) is 2.73. The van der Waals surface area contributed by atoms with E-state index in [1.54, 1.807) is 31.4 Å². The van der Waals surface area contributed by atoms with E-state index in [-0.39, 0.29) is 17.7 Å². The summed E-state index contributed by atoms with van der Waals surface area (Å²) in [6.07, 6.45) is 1.37. The number of rotatable bonds is 4. The van der Waals surface area contributed by atoms with Gasteiger partial charge in [-0.2, -0.15) is 0 Å². The Kier molecular flexibility index (Phi) is 3.34. The Labute approximate surface area is 118 Å². The number of benzene rings is 1. The molecule has 21 heavy (non-hydrogen) atoms. The molecule has 8 heteroatoms. The average molecular weight is 286 g/mol. The molecule has 0 aliphatic heterocycles. The lowest BCUT2D eigenvalue weighted by Gasteiger charge is -1.99. The Morgan fingerprint density at radius 1 is 1.19 bits per heavy atom. The molecule has 2 heterocycles. The Morgan fingerprint density at radius 3 is 2.67 bits per heavy atom. The van der Waals surface area contributed by atoms with Crippen LogP contribution in [0.15, 0.2) is 45.5 Å². The second-order valence-corrected chi connectivity index (χ2v) is 3.97. The summed E-state index contributed by atoms with van der Waals surface area (Å²) in [6.45, 7) is 0. The van der Waals surface area contributed by atoms with Crippen molar-refractivity contribution in [2.45, 2.75) is 0 Å². The maximum absolute atomic E-state index is 11.7. The van der Waals surface area contributed by atoms with Gasteiger partial charge in [0.1, 0.15) is 5.75 Å². The molecule has 1 aromatic carbocycles. The quantitative estimate of drug-likeness (QED) is 0.782. The van der Waals surface area contributed by atoms with Crippen molar-refractivity contribution < 1.29 is 18.5 Å². The number of amides is 1. The zero-order chi connectivity index (χ0) is 14.7. The van der Waals surface area contributed by atoms with E-state index in [9.17, 15) is 4.79 Å². The molecule has 8 nitrogen and oxygen atoms in total. The van der Waals surface area contributed by atoms with Crippen molar-refractivity contribution in [1.29, 1.82) is 0 Å². The van der Waals surface area contributed by atoms with Gasteiger partial charge in [-0.25, -0.2) is 0 Å². The summed E-state index contributed by atoms with van der Waals surface area (Å²) in [5.74, 6) is 0.541. The van der Waals surface area contributed by atoms with Crippen molar-refractivity contribution in [3.63, 3.8) is 0 Å². The molecule has 0 saturated carbocycles. The van der Waals surface area contributed by atoms with E-state index in [2.05, 4.69) is 20.7 Å². The average Bonchev–Trinajstić information content (AvgIpc) is 3.19. The Morgan fingerprint density at radius 2 is 2.00 bits per heavy atom. The lowest BCUT2D eigenvalue weighted by atomic mass is 10.2. The molecule has 3 aromatic rings. The maximum atomic E-state index is 11.7. The predicted molar refractivity (Wildman–Crippen MR) is 70.7 cm³/mol. The number of nitrogens with zero attached hydrogens (tertiary/aromatic N) is 3. The fourth-order valence-electron chi connectivity index (χ4n) is 1.62. The number of nitrogens with one attached hydrogen (secondary N) is 1. The van der Waals surface area contributed by atoms with Crippen molar-refractivity contribution in [3.05, 3.63) is 42.3 Å². The first-order chi connectivity index (χ1) is 10.3. The van der Waals surface area contributed by atoms with Gasteiger partial charge in [-0.05, 0) is 24.3 Å². The van der Waals surface area contributed by atoms with E-state index in [0.717, 1.165) is 5.75 Å². The zero-order valence-electron chi connectivity index (χ0n) is 10.9. The highest BCUT2D eigenvalue weighted by Crippen LogP contribution is 2.22. The van der Waals surface area contributed by atoms with E-state index >= 15 is 0 Å². The van der Waals surface area contributed by atoms with Gasteiger partial charge in [0.2, 0.25) is 11.7 Å². The van der Waals surface area contributed by atoms with E-state index in [4.69, 9.17) is 13.7 Å².